The summed E-state index contributed by atoms with van der Waals surface area (Å²) in [5, 5.41) is 22.0. The van der Waals surface area contributed by atoms with Crippen LogP contribution >= 0.6 is 0 Å². The molecule has 4 heteroatoms. The van der Waals surface area contributed by atoms with E-state index in [-0.39, 0.29) is 6.10 Å². The second-order valence-corrected chi connectivity index (χ2v) is 4.03. The smallest absolute Gasteiger partial charge is 0.0897 e. The number of aliphatic hydroxyl groups is 2. The number of ether oxygens (including phenoxy) is 1. The Hall–Kier alpha value is -0.160. The second kappa shape index (κ2) is 6.35. The van der Waals surface area contributed by atoms with E-state index >= 15 is 0 Å². The fourth-order valence-corrected chi connectivity index (χ4v) is 1.94. The molecule has 84 valence electrons. The Labute approximate surface area is 85.3 Å². The summed E-state index contributed by atoms with van der Waals surface area (Å²) in [5.41, 5.74) is 0. The van der Waals surface area contributed by atoms with Crippen molar-refractivity contribution in [1.82, 2.24) is 5.32 Å². The highest BCUT2D eigenvalue weighted by atomic mass is 16.5. The van der Waals surface area contributed by atoms with E-state index in [1.807, 2.05) is 0 Å². The summed E-state index contributed by atoms with van der Waals surface area (Å²) >= 11 is 0. The first kappa shape index (κ1) is 11.9. The van der Waals surface area contributed by atoms with Gasteiger partial charge in [0.2, 0.25) is 0 Å². The molecule has 0 saturated heterocycles. The Balaban J connectivity index is 2.03. The third-order valence-corrected chi connectivity index (χ3v) is 2.76. The molecule has 0 heterocycles. The number of hydrogen-bond donors (Lipinski definition) is 3. The van der Waals surface area contributed by atoms with Crippen molar-refractivity contribution in [3.8, 4) is 0 Å². The number of hydrogen-bond acceptors (Lipinski definition) is 4. The van der Waals surface area contributed by atoms with Gasteiger partial charge in [0.05, 0.1) is 18.8 Å². The van der Waals surface area contributed by atoms with Crippen LogP contribution in [0.1, 0.15) is 19.3 Å². The van der Waals surface area contributed by atoms with Crippen molar-refractivity contribution in [2.75, 3.05) is 26.8 Å². The zero-order valence-electron chi connectivity index (χ0n) is 8.78. The Morgan fingerprint density at radius 3 is 2.86 bits per heavy atom. The Morgan fingerprint density at radius 2 is 2.29 bits per heavy atom. The maximum absolute atomic E-state index is 9.53. The molecule has 0 radical (unpaired) electrons. The molecule has 4 nitrogen and oxygen atoms in total. The van der Waals surface area contributed by atoms with Gasteiger partial charge in [0.25, 0.3) is 0 Å². The van der Waals surface area contributed by atoms with Gasteiger partial charge < -0.3 is 20.3 Å². The summed E-state index contributed by atoms with van der Waals surface area (Å²) in [7, 11) is 1.57. The molecular weight excluding hydrogens is 182 g/mol. The van der Waals surface area contributed by atoms with E-state index in [1.54, 1.807) is 7.11 Å². The molecule has 1 fully saturated rings. The number of aliphatic hydroxyl groups excluding tert-OH is 2. The number of rotatable bonds is 6. The average Bonchev–Trinajstić information content (AvgIpc) is 2.52. The fraction of sp³-hybridized carbons (Fsp3) is 1.00. The van der Waals surface area contributed by atoms with Gasteiger partial charge in [-0.05, 0) is 18.8 Å². The van der Waals surface area contributed by atoms with Crippen molar-refractivity contribution < 1.29 is 14.9 Å². The molecule has 0 spiro atoms. The minimum atomic E-state index is -0.446. The van der Waals surface area contributed by atoms with E-state index in [2.05, 4.69) is 5.32 Å². The first-order valence-corrected chi connectivity index (χ1v) is 5.30. The van der Waals surface area contributed by atoms with Gasteiger partial charge in [-0.15, -0.1) is 0 Å². The molecule has 0 aromatic rings. The van der Waals surface area contributed by atoms with Gasteiger partial charge >= 0.3 is 0 Å². The van der Waals surface area contributed by atoms with E-state index in [1.165, 1.54) is 0 Å². The summed E-state index contributed by atoms with van der Waals surface area (Å²) in [6, 6.07) is 0. The van der Waals surface area contributed by atoms with Crippen LogP contribution in [-0.2, 0) is 4.74 Å². The summed E-state index contributed by atoms with van der Waals surface area (Å²) in [6.45, 7) is 1.69. The summed E-state index contributed by atoms with van der Waals surface area (Å²) in [6.07, 6.45) is 2.54. The average molecular weight is 203 g/mol. The van der Waals surface area contributed by atoms with Gasteiger partial charge in [0.1, 0.15) is 0 Å². The van der Waals surface area contributed by atoms with Crippen LogP contribution in [0.4, 0.5) is 0 Å². The fourth-order valence-electron chi connectivity index (χ4n) is 1.94. The van der Waals surface area contributed by atoms with Crippen LogP contribution in [0.25, 0.3) is 0 Å². The van der Waals surface area contributed by atoms with Crippen LogP contribution in [0.5, 0.6) is 0 Å². The minimum Gasteiger partial charge on any atom is -0.393 e. The van der Waals surface area contributed by atoms with Crippen molar-refractivity contribution in [3.05, 3.63) is 0 Å². The van der Waals surface area contributed by atoms with Gasteiger partial charge in [0.15, 0.2) is 0 Å². The highest BCUT2D eigenvalue weighted by molar-refractivity contribution is 4.78. The van der Waals surface area contributed by atoms with Gasteiger partial charge in [-0.2, -0.15) is 0 Å². The van der Waals surface area contributed by atoms with E-state index in [9.17, 15) is 10.2 Å². The molecule has 1 aliphatic carbocycles. The minimum absolute atomic E-state index is 0.151. The highest BCUT2D eigenvalue weighted by Crippen LogP contribution is 2.24. The van der Waals surface area contributed by atoms with Crippen LogP contribution in [0.3, 0.4) is 0 Å². The molecular formula is C10H21NO3. The summed E-state index contributed by atoms with van der Waals surface area (Å²) < 4.78 is 4.81. The molecule has 1 saturated carbocycles. The van der Waals surface area contributed by atoms with Crippen molar-refractivity contribution >= 4 is 0 Å². The lowest BCUT2D eigenvalue weighted by atomic mass is 10.1. The standard InChI is InChI=1S/C10H21NO3/c1-14-7-9(12)6-11-5-8-3-2-4-10(8)13/h8-13H,2-7H2,1H3. The largest absolute Gasteiger partial charge is 0.393 e. The molecule has 1 aliphatic rings. The van der Waals surface area contributed by atoms with Crippen molar-refractivity contribution in [3.63, 3.8) is 0 Å². The Kier molecular flexibility index (Phi) is 5.40. The Morgan fingerprint density at radius 1 is 1.50 bits per heavy atom. The number of nitrogens with one attached hydrogen (secondary N) is 1. The third kappa shape index (κ3) is 3.92. The van der Waals surface area contributed by atoms with Gasteiger partial charge in [0, 0.05) is 20.2 Å². The second-order valence-electron chi connectivity index (χ2n) is 4.03. The van der Waals surface area contributed by atoms with Crippen LogP contribution in [0, 0.1) is 5.92 Å². The highest BCUT2D eigenvalue weighted by Gasteiger charge is 2.24. The first-order chi connectivity index (χ1) is 6.74. The van der Waals surface area contributed by atoms with Crippen LogP contribution in [0.2, 0.25) is 0 Å². The monoisotopic (exact) mass is 203 g/mol. The maximum atomic E-state index is 9.53. The lowest BCUT2D eigenvalue weighted by molar-refractivity contribution is 0.0618. The summed E-state index contributed by atoms with van der Waals surface area (Å²) in [5.74, 6) is 0.366. The van der Waals surface area contributed by atoms with E-state index in [0.717, 1.165) is 25.8 Å². The van der Waals surface area contributed by atoms with Gasteiger partial charge in [-0.25, -0.2) is 0 Å². The predicted octanol–water partition coefficient (Wildman–Crippen LogP) is -0.256. The normalized spacial score (nSPS) is 29.4. The predicted molar refractivity (Wildman–Crippen MR) is 54.1 cm³/mol. The molecule has 3 unspecified atom stereocenters. The molecule has 3 atom stereocenters. The van der Waals surface area contributed by atoms with Crippen LogP contribution in [0.15, 0.2) is 0 Å². The zero-order valence-corrected chi connectivity index (χ0v) is 8.78. The molecule has 0 amide bonds. The third-order valence-electron chi connectivity index (χ3n) is 2.76. The molecule has 0 aliphatic heterocycles. The van der Waals surface area contributed by atoms with Gasteiger partial charge in [-0.1, -0.05) is 6.42 Å². The SMILES string of the molecule is COCC(O)CNCC1CCCC1O. The molecule has 3 N–H and O–H groups in total. The number of methoxy groups -OCH3 is 1. The van der Waals surface area contributed by atoms with Crippen LogP contribution < -0.4 is 5.32 Å². The van der Waals surface area contributed by atoms with Gasteiger partial charge in [-0.3, -0.25) is 0 Å². The quantitative estimate of drug-likeness (QED) is 0.557. The lowest BCUT2D eigenvalue weighted by Crippen LogP contribution is -2.35. The maximum Gasteiger partial charge on any atom is 0.0897 e. The summed E-state index contributed by atoms with van der Waals surface area (Å²) in [4.78, 5) is 0. The van der Waals surface area contributed by atoms with Crippen molar-refractivity contribution in [2.24, 2.45) is 5.92 Å². The lowest BCUT2D eigenvalue weighted by Gasteiger charge is -2.16. The molecule has 0 aromatic heterocycles. The molecule has 1 rings (SSSR count). The zero-order chi connectivity index (χ0) is 10.4. The molecule has 0 aromatic carbocycles. The van der Waals surface area contributed by atoms with E-state index in [4.69, 9.17) is 4.74 Å². The first-order valence-electron chi connectivity index (χ1n) is 5.30. The topological polar surface area (TPSA) is 61.7 Å². The molecule has 0 bridgehead atoms. The van der Waals surface area contributed by atoms with Crippen molar-refractivity contribution in [1.29, 1.82) is 0 Å². The van der Waals surface area contributed by atoms with E-state index < -0.39 is 6.10 Å². The Bertz CT molecular complexity index is 154. The van der Waals surface area contributed by atoms with Crippen LogP contribution in [-0.4, -0.2) is 49.2 Å². The van der Waals surface area contributed by atoms with E-state index in [0.29, 0.717) is 19.1 Å². The molecule has 14 heavy (non-hydrogen) atoms. The van der Waals surface area contributed by atoms with Crippen molar-refractivity contribution in [2.45, 2.75) is 31.5 Å².